The number of hydrogen-bond donors (Lipinski definition) is 3. The average Bonchev–Trinajstić information content (AvgIpc) is 3.10. The third-order valence-corrected chi connectivity index (χ3v) is 5.85. The molecule has 0 aromatic heterocycles. The van der Waals surface area contributed by atoms with E-state index >= 15 is 0 Å². The zero-order chi connectivity index (χ0) is 19.1. The fourth-order valence-corrected chi connectivity index (χ4v) is 4.31. The summed E-state index contributed by atoms with van der Waals surface area (Å²) < 4.78 is 0. The molecule has 0 radical (unpaired) electrons. The summed E-state index contributed by atoms with van der Waals surface area (Å²) in [6.07, 6.45) is 10.4. The Morgan fingerprint density at radius 1 is 1.38 bits per heavy atom. The van der Waals surface area contributed by atoms with E-state index in [-0.39, 0.29) is 24.4 Å². The summed E-state index contributed by atoms with van der Waals surface area (Å²) in [6, 6.07) is 0. The van der Waals surface area contributed by atoms with E-state index in [2.05, 4.69) is 17.9 Å². The van der Waals surface area contributed by atoms with Gasteiger partial charge in [-0.2, -0.15) is 0 Å². The van der Waals surface area contributed by atoms with Crippen molar-refractivity contribution in [1.82, 2.24) is 0 Å². The van der Waals surface area contributed by atoms with Gasteiger partial charge in [-0.15, -0.1) is 11.8 Å². The molecule has 0 aliphatic heterocycles. The molecule has 4 nitrogen and oxygen atoms in total. The molecular formula is C22H32O4. The Kier molecular flexibility index (Phi) is 7.93. The molecule has 4 heteroatoms. The molecule has 2 aliphatic carbocycles. The van der Waals surface area contributed by atoms with E-state index in [1.54, 1.807) is 6.92 Å². The summed E-state index contributed by atoms with van der Waals surface area (Å²) in [5, 5.41) is 29.4. The Labute approximate surface area is 157 Å². The van der Waals surface area contributed by atoms with Crippen molar-refractivity contribution in [3.05, 3.63) is 23.8 Å². The molecule has 0 saturated heterocycles. The smallest absolute Gasteiger partial charge is 0.303 e. The van der Waals surface area contributed by atoms with Crippen LogP contribution in [0.15, 0.2) is 23.8 Å². The summed E-state index contributed by atoms with van der Waals surface area (Å²) in [4.78, 5) is 10.6. The highest BCUT2D eigenvalue weighted by Crippen LogP contribution is 2.50. The van der Waals surface area contributed by atoms with Crippen LogP contribution in [-0.2, 0) is 4.79 Å². The van der Waals surface area contributed by atoms with Crippen molar-refractivity contribution >= 4 is 5.97 Å². The monoisotopic (exact) mass is 360 g/mol. The van der Waals surface area contributed by atoms with Gasteiger partial charge in [0.1, 0.15) is 0 Å². The number of fused-ring (bicyclic) bond motifs is 1. The van der Waals surface area contributed by atoms with Gasteiger partial charge in [0.25, 0.3) is 0 Å². The quantitative estimate of drug-likeness (QED) is 0.351. The molecule has 0 spiro atoms. The second-order valence-corrected chi connectivity index (χ2v) is 7.84. The molecule has 0 amide bonds. The average molecular weight is 360 g/mol. The lowest BCUT2D eigenvalue weighted by Gasteiger charge is -2.19. The zero-order valence-corrected chi connectivity index (χ0v) is 15.9. The number of carboxylic acids is 1. The van der Waals surface area contributed by atoms with Gasteiger partial charge in [0, 0.05) is 18.8 Å². The Balaban J connectivity index is 1.89. The molecule has 2 rings (SSSR count). The van der Waals surface area contributed by atoms with Crippen LogP contribution in [0.4, 0.5) is 0 Å². The SMILES string of the molecule is CC#CCC(C)[C@H](O)/C=C/[C@H]1C(O)CC2C/C(=C\CCCC(=O)O)CC21. The van der Waals surface area contributed by atoms with E-state index in [9.17, 15) is 15.0 Å². The van der Waals surface area contributed by atoms with Crippen LogP contribution in [0.25, 0.3) is 0 Å². The van der Waals surface area contributed by atoms with Crippen LogP contribution in [0.3, 0.4) is 0 Å². The first-order valence-electron chi connectivity index (χ1n) is 9.76. The number of aliphatic hydroxyl groups is 2. The molecule has 0 aromatic rings. The van der Waals surface area contributed by atoms with Gasteiger partial charge in [-0.25, -0.2) is 0 Å². The third-order valence-electron chi connectivity index (χ3n) is 5.85. The van der Waals surface area contributed by atoms with Crippen LogP contribution in [-0.4, -0.2) is 33.5 Å². The number of unbranched alkanes of at least 4 members (excludes halogenated alkanes) is 1. The van der Waals surface area contributed by atoms with Crippen LogP contribution in [0.5, 0.6) is 0 Å². The van der Waals surface area contributed by atoms with Crippen molar-refractivity contribution in [3.63, 3.8) is 0 Å². The fraction of sp³-hybridized carbons (Fsp3) is 0.682. The lowest BCUT2D eigenvalue weighted by atomic mass is 9.89. The second-order valence-electron chi connectivity index (χ2n) is 7.84. The molecule has 0 aromatic carbocycles. The third kappa shape index (κ3) is 5.72. The number of carbonyl (C=O) groups is 1. The van der Waals surface area contributed by atoms with E-state index in [1.165, 1.54) is 5.57 Å². The van der Waals surface area contributed by atoms with Gasteiger partial charge in [-0.05, 0) is 56.8 Å². The minimum Gasteiger partial charge on any atom is -0.481 e. The van der Waals surface area contributed by atoms with E-state index in [4.69, 9.17) is 5.11 Å². The second kappa shape index (κ2) is 9.94. The summed E-state index contributed by atoms with van der Waals surface area (Å²) in [6.45, 7) is 3.79. The summed E-state index contributed by atoms with van der Waals surface area (Å²) in [5.41, 5.74) is 1.41. The topological polar surface area (TPSA) is 77.8 Å². The number of rotatable bonds is 8. The van der Waals surface area contributed by atoms with Crippen molar-refractivity contribution in [2.45, 2.75) is 71.0 Å². The zero-order valence-electron chi connectivity index (χ0n) is 15.9. The van der Waals surface area contributed by atoms with Gasteiger partial charge in [-0.1, -0.05) is 30.7 Å². The first-order valence-corrected chi connectivity index (χ1v) is 9.76. The molecule has 4 unspecified atom stereocenters. The van der Waals surface area contributed by atoms with Gasteiger partial charge in [0.2, 0.25) is 0 Å². The van der Waals surface area contributed by atoms with Gasteiger partial charge in [-0.3, -0.25) is 4.79 Å². The maximum absolute atomic E-state index is 10.6. The molecule has 0 bridgehead atoms. The summed E-state index contributed by atoms with van der Waals surface area (Å²) in [5.74, 6) is 6.25. The fourth-order valence-electron chi connectivity index (χ4n) is 4.31. The highest BCUT2D eigenvalue weighted by molar-refractivity contribution is 5.66. The molecule has 2 aliphatic rings. The van der Waals surface area contributed by atoms with Gasteiger partial charge in [0.05, 0.1) is 12.2 Å². The van der Waals surface area contributed by atoms with Gasteiger partial charge < -0.3 is 15.3 Å². The number of hydrogen-bond acceptors (Lipinski definition) is 3. The minimum atomic E-state index is -0.738. The summed E-state index contributed by atoms with van der Waals surface area (Å²) in [7, 11) is 0. The summed E-state index contributed by atoms with van der Waals surface area (Å²) >= 11 is 0. The first kappa shape index (κ1) is 20.7. The van der Waals surface area contributed by atoms with Crippen LogP contribution >= 0.6 is 0 Å². The van der Waals surface area contributed by atoms with Crippen LogP contribution in [0.2, 0.25) is 0 Å². The molecule has 3 N–H and O–H groups in total. The van der Waals surface area contributed by atoms with E-state index in [1.807, 2.05) is 19.1 Å². The Morgan fingerprint density at radius 2 is 2.15 bits per heavy atom. The van der Waals surface area contributed by atoms with E-state index < -0.39 is 12.1 Å². The molecule has 2 fully saturated rings. The lowest BCUT2D eigenvalue weighted by molar-refractivity contribution is -0.137. The Bertz CT molecular complexity index is 595. The number of aliphatic carboxylic acids is 1. The lowest BCUT2D eigenvalue weighted by Crippen LogP contribution is -2.19. The molecule has 2 saturated carbocycles. The van der Waals surface area contributed by atoms with Crippen LogP contribution in [0, 0.1) is 35.5 Å². The first-order chi connectivity index (χ1) is 12.4. The maximum Gasteiger partial charge on any atom is 0.303 e. The number of aliphatic hydroxyl groups excluding tert-OH is 2. The predicted octanol–water partition coefficient (Wildman–Crippen LogP) is 3.54. The van der Waals surface area contributed by atoms with Gasteiger partial charge in [0.15, 0.2) is 0 Å². The van der Waals surface area contributed by atoms with Crippen molar-refractivity contribution in [2.75, 3.05) is 0 Å². The van der Waals surface area contributed by atoms with Crippen molar-refractivity contribution in [2.24, 2.45) is 23.7 Å². The molecule has 0 heterocycles. The molecule has 144 valence electrons. The Hall–Kier alpha value is -1.57. The highest BCUT2D eigenvalue weighted by Gasteiger charge is 2.44. The largest absolute Gasteiger partial charge is 0.481 e. The standard InChI is InChI=1S/C22H32O4/c1-3-4-7-15(2)20(23)11-10-18-19-13-16(8-5-6-9-22(25)26)12-17(19)14-21(18)24/h8,10-11,15,17-21,23-24H,5-7,9,12-14H2,1-2H3,(H,25,26)/b11-10+,16-8+/t15?,17?,18-,19?,20-,21?/m1/s1. The minimum absolute atomic E-state index is 0.0845. The molecular weight excluding hydrogens is 328 g/mol. The number of allylic oxidation sites excluding steroid dienone is 2. The highest BCUT2D eigenvalue weighted by atomic mass is 16.4. The molecule has 6 atom stereocenters. The van der Waals surface area contributed by atoms with E-state index in [0.717, 1.165) is 25.7 Å². The van der Waals surface area contributed by atoms with Crippen molar-refractivity contribution in [3.8, 4) is 11.8 Å². The van der Waals surface area contributed by atoms with Gasteiger partial charge >= 0.3 is 5.97 Å². The van der Waals surface area contributed by atoms with Crippen LogP contribution < -0.4 is 0 Å². The van der Waals surface area contributed by atoms with Crippen LogP contribution in [0.1, 0.15) is 58.8 Å². The van der Waals surface area contributed by atoms with Crippen molar-refractivity contribution in [1.29, 1.82) is 0 Å². The van der Waals surface area contributed by atoms with E-state index in [0.29, 0.717) is 24.7 Å². The number of carboxylic acid groups (broad SMARTS) is 1. The normalized spacial score (nSPS) is 31.6. The molecule has 26 heavy (non-hydrogen) atoms. The Morgan fingerprint density at radius 3 is 2.85 bits per heavy atom. The van der Waals surface area contributed by atoms with Crippen molar-refractivity contribution < 1.29 is 20.1 Å². The maximum atomic E-state index is 10.6. The predicted molar refractivity (Wildman–Crippen MR) is 102 cm³/mol.